The van der Waals surface area contributed by atoms with Crippen molar-refractivity contribution in [1.29, 1.82) is 0 Å². The van der Waals surface area contributed by atoms with E-state index in [0.717, 1.165) is 0 Å². The second-order valence-corrected chi connectivity index (χ2v) is 1.57. The first kappa shape index (κ1) is 3.61. The van der Waals surface area contributed by atoms with E-state index in [2.05, 4.69) is 9.68 Å². The minimum atomic E-state index is 0.423. The first-order valence-corrected chi connectivity index (χ1v) is 2.59. The largest absolute Gasteiger partial charge is 0.448 e. The topological polar surface area (TPSA) is 21.6 Å². The minimum Gasteiger partial charge on any atom is -0.448 e. The zero-order valence-electron chi connectivity index (χ0n) is 3.09. The average Bonchev–Trinajstić information content (AvgIpc) is 1.72. The molecular weight excluding hydrogens is 94.1 g/mol. The zero-order chi connectivity index (χ0) is 4.24. The standard InChI is InChI=1S/C3H3NOSi/c1-2-4-5-6-3-1/h1-3H. The molecule has 0 saturated heterocycles. The van der Waals surface area contributed by atoms with Crippen molar-refractivity contribution in [2.24, 2.45) is 5.16 Å². The van der Waals surface area contributed by atoms with Crippen LogP contribution in [0.3, 0.4) is 0 Å². The fourth-order valence-electron chi connectivity index (χ4n) is 0.209. The van der Waals surface area contributed by atoms with Crippen LogP contribution in [0.5, 0.6) is 0 Å². The molecule has 0 saturated carbocycles. The highest BCUT2D eigenvalue weighted by Gasteiger charge is 1.83. The Morgan fingerprint density at radius 1 is 1.67 bits per heavy atom. The highest BCUT2D eigenvalue weighted by Crippen LogP contribution is 1.78. The number of hydrogen-bond acceptors (Lipinski definition) is 2. The number of rotatable bonds is 0. The van der Waals surface area contributed by atoms with E-state index in [0.29, 0.717) is 9.76 Å². The molecule has 0 unspecified atom stereocenters. The Labute approximate surface area is 38.4 Å². The zero-order valence-corrected chi connectivity index (χ0v) is 4.09. The summed E-state index contributed by atoms with van der Waals surface area (Å²) in [5.74, 6) is 0. The molecule has 1 aliphatic heterocycles. The highest BCUT2D eigenvalue weighted by atomic mass is 28.2. The molecule has 0 spiro atoms. The van der Waals surface area contributed by atoms with Gasteiger partial charge in [-0.3, -0.25) is 0 Å². The van der Waals surface area contributed by atoms with Crippen LogP contribution in [0.1, 0.15) is 0 Å². The van der Waals surface area contributed by atoms with Crippen molar-refractivity contribution < 1.29 is 4.53 Å². The predicted octanol–water partition coefficient (Wildman–Crippen LogP) is 0.135. The lowest BCUT2D eigenvalue weighted by Crippen LogP contribution is -1.91. The normalized spacial score (nSPS) is 17.3. The lowest BCUT2D eigenvalue weighted by molar-refractivity contribution is 0.370. The number of nitrogens with zero attached hydrogens (tertiary/aromatic N) is 1. The Morgan fingerprint density at radius 3 is 2.83 bits per heavy atom. The third-order valence-corrected chi connectivity index (χ3v) is 0.956. The van der Waals surface area contributed by atoms with E-state index in [1.807, 2.05) is 11.8 Å². The van der Waals surface area contributed by atoms with Gasteiger partial charge in [-0.05, 0) is 6.08 Å². The molecule has 1 aliphatic rings. The summed E-state index contributed by atoms with van der Waals surface area (Å²) < 4.78 is 4.58. The molecule has 6 heavy (non-hydrogen) atoms. The highest BCUT2D eigenvalue weighted by molar-refractivity contribution is 6.35. The molecule has 2 radical (unpaired) electrons. The van der Waals surface area contributed by atoms with Crippen LogP contribution in [-0.4, -0.2) is 16.0 Å². The Balaban J connectivity index is 2.46. The monoisotopic (exact) mass is 97.0 g/mol. The van der Waals surface area contributed by atoms with E-state index in [1.165, 1.54) is 0 Å². The maximum atomic E-state index is 4.58. The van der Waals surface area contributed by atoms with Crippen molar-refractivity contribution in [3.63, 3.8) is 0 Å². The molecule has 0 N–H and O–H groups in total. The molecule has 0 aromatic carbocycles. The molecule has 0 amide bonds. The van der Waals surface area contributed by atoms with E-state index < -0.39 is 0 Å². The average molecular weight is 97.1 g/mol. The first-order chi connectivity index (χ1) is 3.00. The Hall–Kier alpha value is -0.573. The summed E-state index contributed by atoms with van der Waals surface area (Å²) in [6.45, 7) is 0. The van der Waals surface area contributed by atoms with E-state index in [1.54, 1.807) is 6.21 Å². The smallest absolute Gasteiger partial charge is 0.385 e. The predicted molar refractivity (Wildman–Crippen MR) is 24.5 cm³/mol. The fourth-order valence-corrected chi connectivity index (χ4v) is 0.556. The number of allylic oxidation sites excluding steroid dienone is 1. The van der Waals surface area contributed by atoms with Gasteiger partial charge < -0.3 is 4.53 Å². The van der Waals surface area contributed by atoms with E-state index in [-0.39, 0.29) is 0 Å². The van der Waals surface area contributed by atoms with Gasteiger partial charge in [-0.25, -0.2) is 0 Å². The molecule has 30 valence electrons. The SMILES string of the molecule is C1=C[Si]ON=C1. The van der Waals surface area contributed by atoms with Crippen molar-refractivity contribution >= 4 is 16.0 Å². The van der Waals surface area contributed by atoms with Crippen LogP contribution < -0.4 is 0 Å². The van der Waals surface area contributed by atoms with E-state index in [4.69, 9.17) is 0 Å². The quantitative estimate of drug-likeness (QED) is 0.394. The van der Waals surface area contributed by atoms with Crippen LogP contribution in [0, 0.1) is 0 Å². The van der Waals surface area contributed by atoms with Crippen LogP contribution in [0.15, 0.2) is 16.9 Å². The summed E-state index contributed by atoms with van der Waals surface area (Å²) in [6, 6.07) is 0. The molecule has 0 atom stereocenters. The molecule has 2 nitrogen and oxygen atoms in total. The molecule has 1 rings (SSSR count). The maximum Gasteiger partial charge on any atom is 0.385 e. The van der Waals surface area contributed by atoms with Crippen molar-refractivity contribution in [2.45, 2.75) is 0 Å². The van der Waals surface area contributed by atoms with Gasteiger partial charge in [-0.1, -0.05) is 5.70 Å². The van der Waals surface area contributed by atoms with Crippen molar-refractivity contribution in [3.8, 4) is 0 Å². The van der Waals surface area contributed by atoms with Gasteiger partial charge in [0.15, 0.2) is 0 Å². The summed E-state index contributed by atoms with van der Waals surface area (Å²) in [7, 11) is 0.423. The van der Waals surface area contributed by atoms with Crippen molar-refractivity contribution in [2.75, 3.05) is 0 Å². The molecule has 1 heterocycles. The van der Waals surface area contributed by atoms with Gasteiger partial charge in [-0.15, -0.1) is 5.16 Å². The van der Waals surface area contributed by atoms with Crippen LogP contribution >= 0.6 is 0 Å². The van der Waals surface area contributed by atoms with Crippen LogP contribution in [0.4, 0.5) is 0 Å². The molecule has 0 aromatic heterocycles. The van der Waals surface area contributed by atoms with Gasteiger partial charge in [0.2, 0.25) is 0 Å². The second kappa shape index (κ2) is 1.77. The van der Waals surface area contributed by atoms with E-state index >= 15 is 0 Å². The van der Waals surface area contributed by atoms with Crippen molar-refractivity contribution in [3.05, 3.63) is 11.8 Å². The van der Waals surface area contributed by atoms with Crippen LogP contribution in [-0.2, 0) is 4.53 Å². The van der Waals surface area contributed by atoms with Gasteiger partial charge in [-0.2, -0.15) is 0 Å². The third-order valence-electron chi connectivity index (χ3n) is 0.417. The lowest BCUT2D eigenvalue weighted by atomic mass is 10.7. The first-order valence-electron chi connectivity index (χ1n) is 1.60. The number of hydrogen-bond donors (Lipinski definition) is 0. The Morgan fingerprint density at radius 2 is 2.67 bits per heavy atom. The summed E-state index contributed by atoms with van der Waals surface area (Å²) in [5, 5.41) is 3.48. The summed E-state index contributed by atoms with van der Waals surface area (Å²) >= 11 is 0. The fraction of sp³-hybridized carbons (Fsp3) is 0. The summed E-state index contributed by atoms with van der Waals surface area (Å²) in [6.07, 6.45) is 3.48. The Kier molecular flexibility index (Phi) is 1.06. The molecule has 3 heteroatoms. The summed E-state index contributed by atoms with van der Waals surface area (Å²) in [4.78, 5) is 0. The van der Waals surface area contributed by atoms with Gasteiger partial charge in [0.05, 0.1) is 6.21 Å². The molecular formula is C3H3NOSi. The second-order valence-electron chi connectivity index (χ2n) is 0.823. The lowest BCUT2D eigenvalue weighted by Gasteiger charge is -1.90. The van der Waals surface area contributed by atoms with Crippen LogP contribution in [0.25, 0.3) is 0 Å². The van der Waals surface area contributed by atoms with Gasteiger partial charge in [0, 0.05) is 0 Å². The molecule has 0 aromatic rings. The van der Waals surface area contributed by atoms with E-state index in [9.17, 15) is 0 Å². The van der Waals surface area contributed by atoms with Crippen LogP contribution in [0.2, 0.25) is 0 Å². The maximum absolute atomic E-state index is 4.58. The third kappa shape index (κ3) is 0.685. The summed E-state index contributed by atoms with van der Waals surface area (Å²) in [5.41, 5.74) is 1.92. The van der Waals surface area contributed by atoms with Gasteiger partial charge >= 0.3 is 9.76 Å². The molecule has 0 fully saturated rings. The Bertz CT molecular complexity index is 76.8. The number of oxime groups is 1. The molecule has 0 aliphatic carbocycles. The van der Waals surface area contributed by atoms with Crippen molar-refractivity contribution in [1.82, 2.24) is 0 Å². The van der Waals surface area contributed by atoms with Gasteiger partial charge in [0.1, 0.15) is 0 Å². The molecule has 0 bridgehead atoms. The minimum absolute atomic E-state index is 0.423. The van der Waals surface area contributed by atoms with Gasteiger partial charge in [0.25, 0.3) is 0 Å².